The van der Waals surface area contributed by atoms with Crippen molar-refractivity contribution in [3.63, 3.8) is 0 Å². The Hall–Kier alpha value is -0.0500. The van der Waals surface area contributed by atoms with Gasteiger partial charge in [-0.3, -0.25) is 4.79 Å². The summed E-state index contributed by atoms with van der Waals surface area (Å²) in [6, 6.07) is 0. The van der Waals surface area contributed by atoms with E-state index in [1.54, 1.807) is 0 Å². The lowest BCUT2D eigenvalue weighted by atomic mass is 10.1. The number of hydrogen-bond acceptors (Lipinski definition) is 2. The second kappa shape index (κ2) is 14.0. The molecule has 0 aliphatic heterocycles. The Morgan fingerprint density at radius 1 is 0.941 bits per heavy atom. The molecule has 2 nitrogen and oxygen atoms in total. The molecule has 0 radical (unpaired) electrons. The minimum atomic E-state index is -0.0239. The molecule has 0 spiro atoms. The molecule has 17 heavy (non-hydrogen) atoms. The minimum Gasteiger partial charge on any atom is -0.466 e. The standard InChI is InChI=1S/C14H27BrO2/c1-2-13-17-14(16)11-9-7-5-3-4-6-8-10-12-15/h2-13H2,1H3. The van der Waals surface area contributed by atoms with Crippen molar-refractivity contribution in [1.82, 2.24) is 0 Å². The van der Waals surface area contributed by atoms with Gasteiger partial charge in [-0.2, -0.15) is 0 Å². The molecule has 0 aromatic rings. The zero-order chi connectivity index (χ0) is 12.8. The molecule has 0 aromatic carbocycles. The summed E-state index contributed by atoms with van der Waals surface area (Å²) in [6.07, 6.45) is 11.6. The van der Waals surface area contributed by atoms with Gasteiger partial charge >= 0.3 is 5.97 Å². The molecule has 0 aliphatic carbocycles. The van der Waals surface area contributed by atoms with E-state index in [2.05, 4.69) is 15.9 Å². The normalized spacial score (nSPS) is 10.5. The number of alkyl halides is 1. The van der Waals surface area contributed by atoms with Crippen LogP contribution >= 0.6 is 15.9 Å². The molecular weight excluding hydrogens is 280 g/mol. The van der Waals surface area contributed by atoms with Gasteiger partial charge in [0.1, 0.15) is 0 Å². The van der Waals surface area contributed by atoms with E-state index < -0.39 is 0 Å². The van der Waals surface area contributed by atoms with Crippen molar-refractivity contribution in [2.75, 3.05) is 11.9 Å². The van der Waals surface area contributed by atoms with Crippen LogP contribution in [0.4, 0.5) is 0 Å². The molecular formula is C14H27BrO2. The monoisotopic (exact) mass is 306 g/mol. The Bertz CT molecular complexity index is 172. The summed E-state index contributed by atoms with van der Waals surface area (Å²) in [5, 5.41) is 1.13. The third-order valence-electron chi connectivity index (χ3n) is 2.73. The summed E-state index contributed by atoms with van der Waals surface area (Å²) in [5.41, 5.74) is 0. The first-order chi connectivity index (χ1) is 8.31. The number of halogens is 1. The predicted molar refractivity (Wildman–Crippen MR) is 76.6 cm³/mol. The van der Waals surface area contributed by atoms with Crippen LogP contribution in [0.2, 0.25) is 0 Å². The highest BCUT2D eigenvalue weighted by atomic mass is 79.9. The molecule has 0 saturated heterocycles. The molecule has 0 amide bonds. The summed E-state index contributed by atoms with van der Waals surface area (Å²) in [5.74, 6) is -0.0239. The molecule has 0 rings (SSSR count). The predicted octanol–water partition coefficient (Wildman–Crippen LogP) is 4.85. The second-order valence-corrected chi connectivity index (χ2v) is 5.28. The van der Waals surface area contributed by atoms with Gasteiger partial charge in [0.2, 0.25) is 0 Å². The molecule has 0 N–H and O–H groups in total. The summed E-state index contributed by atoms with van der Waals surface area (Å²) >= 11 is 3.44. The molecule has 0 atom stereocenters. The lowest BCUT2D eigenvalue weighted by molar-refractivity contribution is -0.143. The molecule has 102 valence electrons. The van der Waals surface area contributed by atoms with E-state index in [-0.39, 0.29) is 5.97 Å². The fourth-order valence-corrected chi connectivity index (χ4v) is 2.11. The number of rotatable bonds is 12. The highest BCUT2D eigenvalue weighted by Crippen LogP contribution is 2.10. The quantitative estimate of drug-likeness (QED) is 0.293. The van der Waals surface area contributed by atoms with Crippen molar-refractivity contribution in [1.29, 1.82) is 0 Å². The van der Waals surface area contributed by atoms with Crippen molar-refractivity contribution >= 4 is 21.9 Å². The maximum Gasteiger partial charge on any atom is 0.305 e. The number of unbranched alkanes of at least 4 members (excludes halogenated alkanes) is 7. The molecule has 0 heterocycles. The van der Waals surface area contributed by atoms with Crippen molar-refractivity contribution < 1.29 is 9.53 Å². The van der Waals surface area contributed by atoms with Crippen LogP contribution in [0.3, 0.4) is 0 Å². The van der Waals surface area contributed by atoms with E-state index >= 15 is 0 Å². The van der Waals surface area contributed by atoms with Crippen LogP contribution in [-0.4, -0.2) is 17.9 Å². The molecule has 0 fully saturated rings. The lowest BCUT2D eigenvalue weighted by Crippen LogP contribution is -2.04. The Morgan fingerprint density at radius 3 is 2.00 bits per heavy atom. The van der Waals surface area contributed by atoms with Gasteiger partial charge in [-0.05, 0) is 19.3 Å². The smallest absolute Gasteiger partial charge is 0.305 e. The first-order valence-corrected chi connectivity index (χ1v) is 8.15. The van der Waals surface area contributed by atoms with Gasteiger partial charge < -0.3 is 4.74 Å². The van der Waals surface area contributed by atoms with Crippen molar-refractivity contribution in [2.45, 2.75) is 71.1 Å². The van der Waals surface area contributed by atoms with E-state index in [9.17, 15) is 4.79 Å². The minimum absolute atomic E-state index is 0.0239. The highest BCUT2D eigenvalue weighted by molar-refractivity contribution is 9.09. The van der Waals surface area contributed by atoms with Gasteiger partial charge in [-0.25, -0.2) is 0 Å². The maximum atomic E-state index is 11.2. The van der Waals surface area contributed by atoms with Gasteiger partial charge in [0.15, 0.2) is 0 Å². The Balaban J connectivity index is 3.05. The zero-order valence-corrected chi connectivity index (χ0v) is 12.8. The van der Waals surface area contributed by atoms with Crippen molar-refractivity contribution in [3.8, 4) is 0 Å². The average molecular weight is 307 g/mol. The molecule has 0 bridgehead atoms. The summed E-state index contributed by atoms with van der Waals surface area (Å²) in [7, 11) is 0. The van der Waals surface area contributed by atoms with E-state index in [0.29, 0.717) is 13.0 Å². The molecule has 0 aromatic heterocycles. The first kappa shape index (κ1) is 16.9. The van der Waals surface area contributed by atoms with Crippen LogP contribution in [0.5, 0.6) is 0 Å². The SMILES string of the molecule is CCCOC(=O)CCCCCCCCCCBr. The Morgan fingerprint density at radius 2 is 1.47 bits per heavy atom. The van der Waals surface area contributed by atoms with Crippen LogP contribution in [0.15, 0.2) is 0 Å². The maximum absolute atomic E-state index is 11.2. The number of carbonyl (C=O) groups excluding carboxylic acids is 1. The molecule has 0 unspecified atom stereocenters. The van der Waals surface area contributed by atoms with Gasteiger partial charge in [0.25, 0.3) is 0 Å². The molecule has 3 heteroatoms. The van der Waals surface area contributed by atoms with Crippen LogP contribution in [-0.2, 0) is 9.53 Å². The number of ether oxygens (including phenoxy) is 1. The van der Waals surface area contributed by atoms with Crippen LogP contribution in [0, 0.1) is 0 Å². The fourth-order valence-electron chi connectivity index (χ4n) is 1.71. The van der Waals surface area contributed by atoms with Crippen molar-refractivity contribution in [3.05, 3.63) is 0 Å². The van der Waals surface area contributed by atoms with E-state index in [1.165, 1.54) is 44.9 Å². The van der Waals surface area contributed by atoms with Crippen LogP contribution in [0.25, 0.3) is 0 Å². The number of esters is 1. The Labute approximate surface area is 115 Å². The fraction of sp³-hybridized carbons (Fsp3) is 0.929. The zero-order valence-electron chi connectivity index (χ0n) is 11.2. The van der Waals surface area contributed by atoms with Gasteiger partial charge in [-0.1, -0.05) is 61.4 Å². The third kappa shape index (κ3) is 13.9. The second-order valence-electron chi connectivity index (χ2n) is 4.49. The molecule has 0 aliphatic rings. The van der Waals surface area contributed by atoms with Gasteiger partial charge in [-0.15, -0.1) is 0 Å². The average Bonchev–Trinajstić information content (AvgIpc) is 2.34. The van der Waals surface area contributed by atoms with E-state index in [1.807, 2.05) is 6.92 Å². The van der Waals surface area contributed by atoms with E-state index in [0.717, 1.165) is 18.2 Å². The summed E-state index contributed by atoms with van der Waals surface area (Å²) in [6.45, 7) is 2.59. The van der Waals surface area contributed by atoms with Crippen LogP contribution in [0.1, 0.15) is 71.1 Å². The molecule has 0 saturated carbocycles. The van der Waals surface area contributed by atoms with Gasteiger partial charge in [0.05, 0.1) is 6.61 Å². The summed E-state index contributed by atoms with van der Waals surface area (Å²) < 4.78 is 5.02. The lowest BCUT2D eigenvalue weighted by Gasteiger charge is -2.03. The number of hydrogen-bond donors (Lipinski definition) is 0. The van der Waals surface area contributed by atoms with Gasteiger partial charge in [0, 0.05) is 11.8 Å². The first-order valence-electron chi connectivity index (χ1n) is 7.02. The number of carbonyl (C=O) groups is 1. The largest absolute Gasteiger partial charge is 0.466 e. The summed E-state index contributed by atoms with van der Waals surface area (Å²) in [4.78, 5) is 11.2. The Kier molecular flexibility index (Phi) is 14.0. The third-order valence-corrected chi connectivity index (χ3v) is 3.29. The van der Waals surface area contributed by atoms with E-state index in [4.69, 9.17) is 4.74 Å². The highest BCUT2D eigenvalue weighted by Gasteiger charge is 2.01. The van der Waals surface area contributed by atoms with Crippen molar-refractivity contribution in [2.24, 2.45) is 0 Å². The van der Waals surface area contributed by atoms with Crippen LogP contribution < -0.4 is 0 Å². The topological polar surface area (TPSA) is 26.3 Å².